The fourth-order valence-corrected chi connectivity index (χ4v) is 3.43. The molecule has 0 unspecified atom stereocenters. The predicted molar refractivity (Wildman–Crippen MR) is 106 cm³/mol. The van der Waals surface area contributed by atoms with E-state index in [2.05, 4.69) is 25.5 Å². The largest absolute Gasteiger partial charge is 0.348 e. The minimum absolute atomic E-state index is 0.161. The number of aryl methyl sites for hydroxylation is 1. The first-order valence-corrected chi connectivity index (χ1v) is 9.59. The number of nitrogens with zero attached hydrogens (tertiary/aromatic N) is 5. The van der Waals surface area contributed by atoms with E-state index < -0.39 is 0 Å². The lowest BCUT2D eigenvalue weighted by atomic mass is 10.0. The quantitative estimate of drug-likeness (QED) is 0.740. The second kappa shape index (κ2) is 8.31. The number of hydrogen-bond acceptors (Lipinski definition) is 5. The summed E-state index contributed by atoms with van der Waals surface area (Å²) in [4.78, 5) is 19.0. The highest BCUT2D eigenvalue weighted by Crippen LogP contribution is 2.14. The molecule has 7 nitrogen and oxygen atoms in total. The molecule has 1 aromatic carbocycles. The van der Waals surface area contributed by atoms with Crippen LogP contribution in [0.5, 0.6) is 0 Å². The number of nitrogens with one attached hydrogen (secondary N) is 1. The summed E-state index contributed by atoms with van der Waals surface area (Å²) >= 11 is 0. The van der Waals surface area contributed by atoms with E-state index in [9.17, 15) is 4.79 Å². The topological polar surface area (TPSA) is 75.9 Å². The average Bonchev–Trinajstić information content (AvgIpc) is 3.21. The van der Waals surface area contributed by atoms with Gasteiger partial charge in [0.15, 0.2) is 5.69 Å². The molecule has 0 saturated carbocycles. The molecule has 3 heterocycles. The standard InChI is InChI=1S/C21H24N6O/c1-16-2-4-19(5-3-16)27-15-20(24-25-27)21(28)23-18-8-12-26(13-9-18)14-17-6-10-22-11-7-17/h2-7,10-11,15,18H,8-9,12-14H2,1H3,(H,23,28). The Kier molecular flexibility index (Phi) is 5.43. The highest BCUT2D eigenvalue weighted by Gasteiger charge is 2.22. The Labute approximate surface area is 164 Å². The summed E-state index contributed by atoms with van der Waals surface area (Å²) in [7, 11) is 0. The van der Waals surface area contributed by atoms with Gasteiger partial charge in [-0.3, -0.25) is 14.7 Å². The Morgan fingerprint density at radius 1 is 1.11 bits per heavy atom. The maximum atomic E-state index is 12.5. The molecule has 1 fully saturated rings. The highest BCUT2D eigenvalue weighted by atomic mass is 16.2. The van der Waals surface area contributed by atoms with Gasteiger partial charge in [-0.1, -0.05) is 22.9 Å². The summed E-state index contributed by atoms with van der Waals surface area (Å²) in [5.74, 6) is -0.161. The van der Waals surface area contributed by atoms with E-state index in [4.69, 9.17) is 0 Å². The van der Waals surface area contributed by atoms with Gasteiger partial charge in [0.1, 0.15) is 0 Å². The number of carbonyl (C=O) groups is 1. The van der Waals surface area contributed by atoms with Crippen LogP contribution in [0.3, 0.4) is 0 Å². The lowest BCUT2D eigenvalue weighted by Gasteiger charge is -2.32. The van der Waals surface area contributed by atoms with E-state index in [0.29, 0.717) is 5.69 Å². The van der Waals surface area contributed by atoms with Crippen molar-refractivity contribution in [1.82, 2.24) is 30.2 Å². The van der Waals surface area contributed by atoms with Gasteiger partial charge in [0.25, 0.3) is 5.91 Å². The minimum Gasteiger partial charge on any atom is -0.348 e. The SMILES string of the molecule is Cc1ccc(-n2cc(C(=O)NC3CCN(Cc4ccncc4)CC3)nn2)cc1. The third-order valence-electron chi connectivity index (χ3n) is 5.10. The van der Waals surface area contributed by atoms with Crippen LogP contribution >= 0.6 is 0 Å². The van der Waals surface area contributed by atoms with Gasteiger partial charge in [0, 0.05) is 38.1 Å². The Morgan fingerprint density at radius 2 is 1.82 bits per heavy atom. The van der Waals surface area contributed by atoms with Crippen LogP contribution in [0.25, 0.3) is 5.69 Å². The van der Waals surface area contributed by atoms with E-state index >= 15 is 0 Å². The summed E-state index contributed by atoms with van der Waals surface area (Å²) in [5, 5.41) is 11.2. The number of rotatable bonds is 5. The highest BCUT2D eigenvalue weighted by molar-refractivity contribution is 5.92. The lowest BCUT2D eigenvalue weighted by Crippen LogP contribution is -2.44. The molecule has 1 saturated heterocycles. The minimum atomic E-state index is -0.161. The maximum Gasteiger partial charge on any atom is 0.273 e. The van der Waals surface area contributed by atoms with Crippen LogP contribution in [0.15, 0.2) is 55.0 Å². The van der Waals surface area contributed by atoms with E-state index in [0.717, 1.165) is 38.2 Å². The van der Waals surface area contributed by atoms with Gasteiger partial charge in [-0.25, -0.2) is 4.68 Å². The van der Waals surface area contributed by atoms with Crippen LogP contribution in [-0.2, 0) is 6.54 Å². The summed E-state index contributed by atoms with van der Waals surface area (Å²) in [6, 6.07) is 12.2. The van der Waals surface area contributed by atoms with Crippen molar-refractivity contribution < 1.29 is 4.79 Å². The van der Waals surface area contributed by atoms with Gasteiger partial charge in [-0.2, -0.15) is 0 Å². The molecule has 4 rings (SSSR count). The molecule has 7 heteroatoms. The Hall–Kier alpha value is -3.06. The fourth-order valence-electron chi connectivity index (χ4n) is 3.43. The molecule has 1 aliphatic heterocycles. The molecule has 0 aliphatic carbocycles. The summed E-state index contributed by atoms with van der Waals surface area (Å²) in [6.07, 6.45) is 7.20. The van der Waals surface area contributed by atoms with Crippen molar-refractivity contribution in [2.75, 3.05) is 13.1 Å². The van der Waals surface area contributed by atoms with Crippen LogP contribution in [0.1, 0.15) is 34.5 Å². The average molecular weight is 376 g/mol. The summed E-state index contributed by atoms with van der Waals surface area (Å²) in [6.45, 7) is 4.88. The van der Waals surface area contributed by atoms with Crippen molar-refractivity contribution in [3.63, 3.8) is 0 Å². The first-order valence-electron chi connectivity index (χ1n) is 9.59. The number of likely N-dealkylation sites (tertiary alicyclic amines) is 1. The summed E-state index contributed by atoms with van der Waals surface area (Å²) < 4.78 is 1.63. The molecule has 1 aliphatic rings. The molecule has 1 N–H and O–H groups in total. The van der Waals surface area contributed by atoms with Crippen LogP contribution in [-0.4, -0.2) is 49.9 Å². The van der Waals surface area contributed by atoms with Crippen LogP contribution < -0.4 is 5.32 Å². The van der Waals surface area contributed by atoms with Crippen molar-refractivity contribution >= 4 is 5.91 Å². The van der Waals surface area contributed by atoms with Gasteiger partial charge in [0.2, 0.25) is 0 Å². The van der Waals surface area contributed by atoms with E-state index in [1.165, 1.54) is 11.1 Å². The summed E-state index contributed by atoms with van der Waals surface area (Å²) in [5.41, 5.74) is 3.68. The number of benzene rings is 1. The molecule has 3 aromatic rings. The molecule has 0 bridgehead atoms. The predicted octanol–water partition coefficient (Wildman–Crippen LogP) is 2.37. The molecule has 0 radical (unpaired) electrons. The number of carbonyl (C=O) groups excluding carboxylic acids is 1. The van der Waals surface area contributed by atoms with Crippen molar-refractivity contribution in [1.29, 1.82) is 0 Å². The van der Waals surface area contributed by atoms with Gasteiger partial charge in [0.05, 0.1) is 11.9 Å². The van der Waals surface area contributed by atoms with Crippen molar-refractivity contribution in [2.24, 2.45) is 0 Å². The van der Waals surface area contributed by atoms with E-state index in [1.54, 1.807) is 10.9 Å². The first-order chi connectivity index (χ1) is 13.7. The van der Waals surface area contributed by atoms with Gasteiger partial charge >= 0.3 is 0 Å². The van der Waals surface area contributed by atoms with Crippen LogP contribution in [0.2, 0.25) is 0 Å². The number of aromatic nitrogens is 4. The molecular weight excluding hydrogens is 352 g/mol. The first kappa shape index (κ1) is 18.3. The molecule has 1 amide bonds. The monoisotopic (exact) mass is 376 g/mol. The fraction of sp³-hybridized carbons (Fsp3) is 0.333. The molecular formula is C21H24N6O. The molecule has 28 heavy (non-hydrogen) atoms. The molecule has 2 aromatic heterocycles. The van der Waals surface area contributed by atoms with E-state index in [-0.39, 0.29) is 11.9 Å². The second-order valence-electron chi connectivity index (χ2n) is 7.26. The van der Waals surface area contributed by atoms with Gasteiger partial charge in [-0.15, -0.1) is 5.10 Å². The third kappa shape index (κ3) is 4.43. The Bertz CT molecular complexity index is 914. The van der Waals surface area contributed by atoms with Crippen molar-refractivity contribution in [3.8, 4) is 5.69 Å². The van der Waals surface area contributed by atoms with Crippen molar-refractivity contribution in [3.05, 3.63) is 71.8 Å². The number of amides is 1. The van der Waals surface area contributed by atoms with E-state index in [1.807, 2.05) is 55.7 Å². The Balaban J connectivity index is 1.29. The zero-order valence-electron chi connectivity index (χ0n) is 16.0. The molecule has 0 spiro atoms. The Morgan fingerprint density at radius 3 is 2.54 bits per heavy atom. The number of piperidine rings is 1. The van der Waals surface area contributed by atoms with Gasteiger partial charge < -0.3 is 5.32 Å². The molecule has 0 atom stereocenters. The smallest absolute Gasteiger partial charge is 0.273 e. The van der Waals surface area contributed by atoms with Crippen LogP contribution in [0.4, 0.5) is 0 Å². The molecule has 144 valence electrons. The van der Waals surface area contributed by atoms with Crippen molar-refractivity contribution in [2.45, 2.75) is 32.4 Å². The zero-order chi connectivity index (χ0) is 19.3. The zero-order valence-corrected chi connectivity index (χ0v) is 16.0. The second-order valence-corrected chi connectivity index (χ2v) is 7.26. The lowest BCUT2D eigenvalue weighted by molar-refractivity contribution is 0.0904. The number of hydrogen-bond donors (Lipinski definition) is 1. The normalized spacial score (nSPS) is 15.5. The number of pyridine rings is 1. The maximum absolute atomic E-state index is 12.5. The van der Waals surface area contributed by atoms with Gasteiger partial charge in [-0.05, 0) is 49.6 Å². The third-order valence-corrected chi connectivity index (χ3v) is 5.10. The van der Waals surface area contributed by atoms with Crippen LogP contribution in [0, 0.1) is 6.92 Å².